The third-order valence-electron chi connectivity index (χ3n) is 3.58. The zero-order chi connectivity index (χ0) is 22.5. The monoisotopic (exact) mass is 474 g/mol. The second-order valence-corrected chi connectivity index (χ2v) is 10.3. The second kappa shape index (κ2) is 10.2. The largest absolute Gasteiger partial charge is 0.491 e. The molecule has 0 fully saturated rings. The number of hydrogen-bond donors (Lipinski definition) is 2. The average molecular weight is 475 g/mol. The van der Waals surface area contributed by atoms with Gasteiger partial charge in [-0.1, -0.05) is 48.9 Å². The molecule has 2 aromatic rings. The molecule has 0 bridgehead atoms. The molecule has 12 heteroatoms. The number of nitrogens with one attached hydrogen (secondary N) is 1. The Hall–Kier alpha value is -2.21. The number of para-hydroxylation sites is 2. The fourth-order valence-corrected chi connectivity index (χ4v) is 3.88. The lowest BCUT2D eigenvalue weighted by molar-refractivity contribution is -0.125. The van der Waals surface area contributed by atoms with Crippen LogP contribution in [0.1, 0.15) is 26.0 Å². The molecule has 0 radical (unpaired) electrons. The SMILES string of the molecule is CC(C)COc1ccccc1N(C(=O)CC(N)=O)c1nc(CNS(C)(=O)=O)c(Cl)s1. The summed E-state index contributed by atoms with van der Waals surface area (Å²) in [5.74, 6) is -0.745. The van der Waals surface area contributed by atoms with Crippen molar-refractivity contribution in [2.24, 2.45) is 11.7 Å². The highest BCUT2D eigenvalue weighted by molar-refractivity contribution is 7.88. The number of nitrogens with two attached hydrogens (primary N) is 1. The summed E-state index contributed by atoms with van der Waals surface area (Å²) in [6.45, 7) is 4.25. The van der Waals surface area contributed by atoms with Gasteiger partial charge in [-0.05, 0) is 18.1 Å². The molecular formula is C18H23ClN4O5S2. The molecule has 0 saturated carbocycles. The number of nitrogens with zero attached hydrogens (tertiary/aromatic N) is 2. The molecule has 0 saturated heterocycles. The van der Waals surface area contributed by atoms with E-state index in [9.17, 15) is 18.0 Å². The summed E-state index contributed by atoms with van der Waals surface area (Å²) >= 11 is 7.19. The van der Waals surface area contributed by atoms with E-state index in [2.05, 4.69) is 9.71 Å². The van der Waals surface area contributed by atoms with Crippen molar-refractivity contribution in [1.82, 2.24) is 9.71 Å². The van der Waals surface area contributed by atoms with E-state index in [1.165, 1.54) is 4.90 Å². The number of sulfonamides is 1. The zero-order valence-electron chi connectivity index (χ0n) is 16.7. The molecule has 0 aliphatic carbocycles. The topological polar surface area (TPSA) is 132 Å². The van der Waals surface area contributed by atoms with Gasteiger partial charge in [-0.15, -0.1) is 0 Å². The molecule has 0 aliphatic heterocycles. The van der Waals surface area contributed by atoms with E-state index in [0.717, 1.165) is 17.6 Å². The number of amides is 2. The van der Waals surface area contributed by atoms with E-state index in [1.54, 1.807) is 24.3 Å². The third kappa shape index (κ3) is 6.94. The van der Waals surface area contributed by atoms with Crippen molar-refractivity contribution in [2.45, 2.75) is 26.8 Å². The number of hydrogen-bond acceptors (Lipinski definition) is 7. The van der Waals surface area contributed by atoms with Gasteiger partial charge in [0.2, 0.25) is 21.8 Å². The molecule has 9 nitrogen and oxygen atoms in total. The van der Waals surface area contributed by atoms with Crippen LogP contribution >= 0.6 is 22.9 Å². The first kappa shape index (κ1) is 24.1. The van der Waals surface area contributed by atoms with E-state index in [-0.39, 0.29) is 27.6 Å². The molecule has 0 unspecified atom stereocenters. The minimum atomic E-state index is -3.46. The van der Waals surface area contributed by atoms with Crippen molar-refractivity contribution in [3.63, 3.8) is 0 Å². The minimum absolute atomic E-state index is 0.141. The summed E-state index contributed by atoms with van der Waals surface area (Å²) in [6, 6.07) is 6.82. The average Bonchev–Trinajstić information content (AvgIpc) is 2.98. The number of rotatable bonds is 10. The van der Waals surface area contributed by atoms with Crippen LogP contribution in [0.3, 0.4) is 0 Å². The number of carbonyl (C=O) groups is 2. The summed E-state index contributed by atoms with van der Waals surface area (Å²) in [4.78, 5) is 29.8. The van der Waals surface area contributed by atoms with Crippen molar-refractivity contribution in [3.8, 4) is 5.75 Å². The van der Waals surface area contributed by atoms with Gasteiger partial charge in [0, 0.05) is 0 Å². The minimum Gasteiger partial charge on any atom is -0.491 e. The van der Waals surface area contributed by atoms with E-state index >= 15 is 0 Å². The lowest BCUT2D eigenvalue weighted by atomic mass is 10.2. The van der Waals surface area contributed by atoms with Crippen molar-refractivity contribution < 1.29 is 22.7 Å². The Kier molecular flexibility index (Phi) is 8.18. The van der Waals surface area contributed by atoms with Gasteiger partial charge in [-0.25, -0.2) is 18.1 Å². The van der Waals surface area contributed by atoms with Gasteiger partial charge in [0.1, 0.15) is 16.5 Å². The molecule has 0 spiro atoms. The number of carbonyl (C=O) groups excluding carboxylic acids is 2. The van der Waals surface area contributed by atoms with Crippen LogP contribution in [-0.2, 0) is 26.2 Å². The number of benzene rings is 1. The summed E-state index contributed by atoms with van der Waals surface area (Å²) in [5, 5.41) is 0.164. The summed E-state index contributed by atoms with van der Waals surface area (Å²) in [5.41, 5.74) is 5.84. The first-order chi connectivity index (χ1) is 14.0. The lowest BCUT2D eigenvalue weighted by Crippen LogP contribution is -2.30. The number of ether oxygens (including phenoxy) is 1. The Bertz CT molecular complexity index is 1020. The summed E-state index contributed by atoms with van der Waals surface area (Å²) < 4.78 is 31.1. The van der Waals surface area contributed by atoms with Gasteiger partial charge < -0.3 is 10.5 Å². The van der Waals surface area contributed by atoms with Gasteiger partial charge in [-0.2, -0.15) is 0 Å². The molecule has 0 atom stereocenters. The van der Waals surface area contributed by atoms with Crippen LogP contribution in [-0.4, -0.2) is 38.1 Å². The van der Waals surface area contributed by atoms with Gasteiger partial charge in [0.25, 0.3) is 0 Å². The highest BCUT2D eigenvalue weighted by atomic mass is 35.5. The van der Waals surface area contributed by atoms with E-state index in [1.807, 2.05) is 13.8 Å². The van der Waals surface area contributed by atoms with Crippen LogP contribution in [0.15, 0.2) is 24.3 Å². The van der Waals surface area contributed by atoms with Crippen LogP contribution in [0.4, 0.5) is 10.8 Å². The quantitative estimate of drug-likeness (QED) is 0.508. The Morgan fingerprint density at radius 2 is 2.00 bits per heavy atom. The fraction of sp³-hybridized carbons (Fsp3) is 0.389. The van der Waals surface area contributed by atoms with Crippen molar-refractivity contribution in [1.29, 1.82) is 0 Å². The lowest BCUT2D eigenvalue weighted by Gasteiger charge is -2.22. The number of aromatic nitrogens is 1. The third-order valence-corrected chi connectivity index (χ3v) is 5.57. The number of halogens is 1. The molecule has 164 valence electrons. The van der Waals surface area contributed by atoms with Crippen LogP contribution in [0.25, 0.3) is 0 Å². The Morgan fingerprint density at radius 1 is 1.33 bits per heavy atom. The van der Waals surface area contributed by atoms with Gasteiger partial charge >= 0.3 is 0 Å². The second-order valence-electron chi connectivity index (χ2n) is 6.85. The maximum absolute atomic E-state index is 12.9. The smallest absolute Gasteiger partial charge is 0.242 e. The molecule has 2 amide bonds. The number of thiazole rings is 1. The van der Waals surface area contributed by atoms with E-state index in [0.29, 0.717) is 18.0 Å². The summed E-state index contributed by atoms with van der Waals surface area (Å²) in [6.07, 6.45) is 0.464. The summed E-state index contributed by atoms with van der Waals surface area (Å²) in [7, 11) is -3.46. The highest BCUT2D eigenvalue weighted by Gasteiger charge is 2.27. The molecule has 1 heterocycles. The predicted molar refractivity (Wildman–Crippen MR) is 117 cm³/mol. The normalized spacial score (nSPS) is 11.5. The van der Waals surface area contributed by atoms with Crippen molar-refractivity contribution >= 4 is 55.6 Å². The van der Waals surface area contributed by atoms with Crippen LogP contribution < -0.4 is 20.1 Å². The maximum Gasteiger partial charge on any atom is 0.242 e. The standard InChI is InChI=1S/C18H23ClN4O5S2/c1-11(2)10-28-14-7-5-4-6-13(14)23(16(25)8-15(20)24)18-22-12(17(19)29-18)9-21-30(3,26)27/h4-7,11,21H,8-10H2,1-3H3,(H2,20,24). The molecule has 3 N–H and O–H groups in total. The van der Waals surface area contributed by atoms with Gasteiger partial charge in [0.05, 0.1) is 30.8 Å². The van der Waals surface area contributed by atoms with Crippen LogP contribution in [0.5, 0.6) is 5.75 Å². The van der Waals surface area contributed by atoms with Gasteiger partial charge in [0.15, 0.2) is 5.13 Å². The van der Waals surface area contributed by atoms with E-state index in [4.69, 9.17) is 22.1 Å². The Morgan fingerprint density at radius 3 is 2.60 bits per heavy atom. The van der Waals surface area contributed by atoms with Gasteiger partial charge in [-0.3, -0.25) is 14.5 Å². The predicted octanol–water partition coefficient (Wildman–Crippen LogP) is 2.42. The zero-order valence-corrected chi connectivity index (χ0v) is 19.1. The molecule has 2 rings (SSSR count). The van der Waals surface area contributed by atoms with Crippen molar-refractivity contribution in [2.75, 3.05) is 17.8 Å². The molecule has 1 aromatic carbocycles. The van der Waals surface area contributed by atoms with Crippen LogP contribution in [0, 0.1) is 5.92 Å². The van der Waals surface area contributed by atoms with E-state index < -0.39 is 28.3 Å². The first-order valence-electron chi connectivity index (χ1n) is 8.91. The molecule has 30 heavy (non-hydrogen) atoms. The molecular weight excluding hydrogens is 452 g/mol. The first-order valence-corrected chi connectivity index (χ1v) is 12.0. The Labute approximate surface area is 184 Å². The van der Waals surface area contributed by atoms with Crippen LogP contribution in [0.2, 0.25) is 4.34 Å². The van der Waals surface area contributed by atoms with Crippen molar-refractivity contribution in [3.05, 3.63) is 34.3 Å². The maximum atomic E-state index is 12.9. The number of anilines is 2. The highest BCUT2D eigenvalue weighted by Crippen LogP contribution is 2.39. The Balaban J connectivity index is 2.48. The number of primary amides is 1. The molecule has 0 aliphatic rings. The fourth-order valence-electron chi connectivity index (χ4n) is 2.32. The molecule has 1 aromatic heterocycles.